The minimum absolute atomic E-state index is 0.169. The smallest absolute Gasteiger partial charge is 0.247 e. The van der Waals surface area contributed by atoms with Crippen molar-refractivity contribution in [2.75, 3.05) is 0 Å². The number of carbonyl (C=O) groups is 1. The van der Waals surface area contributed by atoms with Crippen LogP contribution in [0.15, 0.2) is 54.9 Å². The minimum atomic E-state index is -0.169. The van der Waals surface area contributed by atoms with Crippen LogP contribution in [-0.2, 0) is 22.7 Å². The standard InChI is InChI=1S/C14H14N2O2/c17-14(10-12-6-8-15-9-7-12)16-18-11-13-4-2-1-3-5-13/h1-9H,10-11H2,(H,16,17). The molecular formula is C14H14N2O2. The zero-order valence-corrected chi connectivity index (χ0v) is 9.87. The molecule has 1 aromatic carbocycles. The van der Waals surface area contributed by atoms with E-state index < -0.39 is 0 Å². The summed E-state index contributed by atoms with van der Waals surface area (Å²) in [6.45, 7) is 0.364. The lowest BCUT2D eigenvalue weighted by atomic mass is 10.2. The van der Waals surface area contributed by atoms with Crippen LogP contribution in [0.25, 0.3) is 0 Å². The highest BCUT2D eigenvalue weighted by Gasteiger charge is 2.02. The number of carbonyl (C=O) groups excluding carboxylic acids is 1. The summed E-state index contributed by atoms with van der Waals surface area (Å²) >= 11 is 0. The Morgan fingerprint density at radius 2 is 1.78 bits per heavy atom. The number of nitrogens with zero attached hydrogens (tertiary/aromatic N) is 1. The van der Waals surface area contributed by atoms with E-state index in [1.165, 1.54) is 0 Å². The molecular weight excluding hydrogens is 228 g/mol. The summed E-state index contributed by atoms with van der Waals surface area (Å²) in [5.41, 5.74) is 4.34. The van der Waals surface area contributed by atoms with E-state index in [0.29, 0.717) is 6.61 Å². The van der Waals surface area contributed by atoms with Gasteiger partial charge in [-0.2, -0.15) is 0 Å². The van der Waals surface area contributed by atoms with Crippen LogP contribution in [0, 0.1) is 0 Å². The predicted molar refractivity (Wildman–Crippen MR) is 67.3 cm³/mol. The fraction of sp³-hybridized carbons (Fsp3) is 0.143. The Balaban J connectivity index is 1.73. The molecule has 1 heterocycles. The Labute approximate surface area is 106 Å². The van der Waals surface area contributed by atoms with Gasteiger partial charge in [-0.15, -0.1) is 0 Å². The van der Waals surface area contributed by atoms with E-state index in [0.717, 1.165) is 11.1 Å². The molecule has 0 aliphatic carbocycles. The first kappa shape index (κ1) is 12.3. The van der Waals surface area contributed by atoms with Crippen molar-refractivity contribution in [1.82, 2.24) is 10.5 Å². The molecule has 92 valence electrons. The molecule has 0 radical (unpaired) electrons. The van der Waals surface area contributed by atoms with E-state index in [1.807, 2.05) is 30.3 Å². The van der Waals surface area contributed by atoms with E-state index >= 15 is 0 Å². The molecule has 0 bridgehead atoms. The number of pyridine rings is 1. The van der Waals surface area contributed by atoms with Gasteiger partial charge in [-0.1, -0.05) is 30.3 Å². The molecule has 4 nitrogen and oxygen atoms in total. The van der Waals surface area contributed by atoms with Gasteiger partial charge >= 0.3 is 0 Å². The topological polar surface area (TPSA) is 51.2 Å². The zero-order chi connectivity index (χ0) is 12.6. The first-order valence-corrected chi connectivity index (χ1v) is 5.68. The molecule has 4 heteroatoms. The van der Waals surface area contributed by atoms with E-state index in [2.05, 4.69) is 10.5 Å². The first-order valence-electron chi connectivity index (χ1n) is 5.68. The number of amides is 1. The van der Waals surface area contributed by atoms with Crippen molar-refractivity contribution < 1.29 is 9.63 Å². The van der Waals surface area contributed by atoms with Crippen LogP contribution in [-0.4, -0.2) is 10.9 Å². The lowest BCUT2D eigenvalue weighted by molar-refractivity contribution is -0.133. The minimum Gasteiger partial charge on any atom is -0.272 e. The average molecular weight is 242 g/mol. The summed E-state index contributed by atoms with van der Waals surface area (Å²) in [5.74, 6) is -0.169. The molecule has 18 heavy (non-hydrogen) atoms. The molecule has 0 atom stereocenters. The van der Waals surface area contributed by atoms with Crippen molar-refractivity contribution >= 4 is 5.91 Å². The second-order valence-corrected chi connectivity index (χ2v) is 3.83. The maximum Gasteiger partial charge on any atom is 0.247 e. The first-order chi connectivity index (χ1) is 8.84. The molecule has 1 aromatic heterocycles. The third-order valence-electron chi connectivity index (χ3n) is 2.38. The largest absolute Gasteiger partial charge is 0.272 e. The molecule has 0 aliphatic rings. The van der Waals surface area contributed by atoms with Crippen molar-refractivity contribution in [2.24, 2.45) is 0 Å². The summed E-state index contributed by atoms with van der Waals surface area (Å²) in [6.07, 6.45) is 3.61. The van der Waals surface area contributed by atoms with Gasteiger partial charge in [0.05, 0.1) is 13.0 Å². The predicted octanol–water partition coefficient (Wildman–Crippen LogP) is 1.87. The van der Waals surface area contributed by atoms with E-state index in [9.17, 15) is 4.79 Å². The summed E-state index contributed by atoms with van der Waals surface area (Å²) < 4.78 is 0. The van der Waals surface area contributed by atoms with Crippen LogP contribution in [0.4, 0.5) is 0 Å². The Morgan fingerprint density at radius 3 is 2.50 bits per heavy atom. The molecule has 1 amide bonds. The highest BCUT2D eigenvalue weighted by atomic mass is 16.6. The molecule has 0 fully saturated rings. The van der Waals surface area contributed by atoms with Gasteiger partial charge in [0.25, 0.3) is 0 Å². The molecule has 0 saturated carbocycles. The van der Waals surface area contributed by atoms with Gasteiger partial charge in [0.1, 0.15) is 0 Å². The summed E-state index contributed by atoms with van der Waals surface area (Å²) in [7, 11) is 0. The van der Waals surface area contributed by atoms with Crippen LogP contribution < -0.4 is 5.48 Å². The van der Waals surface area contributed by atoms with Gasteiger partial charge in [-0.05, 0) is 23.3 Å². The van der Waals surface area contributed by atoms with Crippen LogP contribution in [0.5, 0.6) is 0 Å². The van der Waals surface area contributed by atoms with Crippen LogP contribution in [0.2, 0.25) is 0 Å². The maximum absolute atomic E-state index is 11.5. The number of hydrogen-bond donors (Lipinski definition) is 1. The SMILES string of the molecule is O=C(Cc1ccncc1)NOCc1ccccc1. The van der Waals surface area contributed by atoms with E-state index in [4.69, 9.17) is 4.84 Å². The molecule has 2 rings (SSSR count). The normalized spacial score (nSPS) is 10.0. The van der Waals surface area contributed by atoms with Gasteiger partial charge in [0.15, 0.2) is 0 Å². The van der Waals surface area contributed by atoms with E-state index in [1.54, 1.807) is 24.5 Å². The quantitative estimate of drug-likeness (QED) is 0.814. The number of hydrogen-bond acceptors (Lipinski definition) is 3. The Morgan fingerprint density at radius 1 is 1.06 bits per heavy atom. The molecule has 1 N–H and O–H groups in total. The lowest BCUT2D eigenvalue weighted by Gasteiger charge is -2.05. The number of nitrogens with one attached hydrogen (secondary N) is 1. The second-order valence-electron chi connectivity index (χ2n) is 3.83. The lowest BCUT2D eigenvalue weighted by Crippen LogP contribution is -2.25. The summed E-state index contributed by atoms with van der Waals surface area (Å²) in [5, 5.41) is 0. The fourth-order valence-electron chi connectivity index (χ4n) is 1.50. The third kappa shape index (κ3) is 3.99. The highest BCUT2D eigenvalue weighted by Crippen LogP contribution is 2.00. The van der Waals surface area contributed by atoms with Crippen molar-refractivity contribution in [2.45, 2.75) is 13.0 Å². The molecule has 0 unspecified atom stereocenters. The molecule has 0 aliphatic heterocycles. The van der Waals surface area contributed by atoms with Gasteiger partial charge in [0.2, 0.25) is 5.91 Å². The maximum atomic E-state index is 11.5. The fourth-order valence-corrected chi connectivity index (χ4v) is 1.50. The summed E-state index contributed by atoms with van der Waals surface area (Å²) in [6, 6.07) is 13.3. The molecule has 0 saturated heterocycles. The Hall–Kier alpha value is -2.20. The Kier molecular flexibility index (Phi) is 4.44. The van der Waals surface area contributed by atoms with E-state index in [-0.39, 0.29) is 12.3 Å². The van der Waals surface area contributed by atoms with Crippen molar-refractivity contribution in [3.05, 3.63) is 66.0 Å². The van der Waals surface area contributed by atoms with Crippen LogP contribution in [0.1, 0.15) is 11.1 Å². The number of rotatable bonds is 5. The van der Waals surface area contributed by atoms with Crippen molar-refractivity contribution in [3.63, 3.8) is 0 Å². The second kappa shape index (κ2) is 6.51. The average Bonchev–Trinajstić information content (AvgIpc) is 2.41. The number of hydroxylamine groups is 1. The number of aromatic nitrogens is 1. The zero-order valence-electron chi connectivity index (χ0n) is 9.87. The monoisotopic (exact) mass is 242 g/mol. The molecule has 2 aromatic rings. The van der Waals surface area contributed by atoms with Gasteiger partial charge in [0, 0.05) is 12.4 Å². The highest BCUT2D eigenvalue weighted by molar-refractivity contribution is 5.77. The van der Waals surface area contributed by atoms with Gasteiger partial charge in [-0.25, -0.2) is 5.48 Å². The van der Waals surface area contributed by atoms with Gasteiger partial charge < -0.3 is 0 Å². The van der Waals surface area contributed by atoms with Crippen molar-refractivity contribution in [3.8, 4) is 0 Å². The summed E-state index contributed by atoms with van der Waals surface area (Å²) in [4.78, 5) is 20.6. The van der Waals surface area contributed by atoms with Gasteiger partial charge in [-0.3, -0.25) is 14.6 Å². The number of benzene rings is 1. The molecule has 0 spiro atoms. The van der Waals surface area contributed by atoms with Crippen LogP contribution >= 0.6 is 0 Å². The van der Waals surface area contributed by atoms with Crippen molar-refractivity contribution in [1.29, 1.82) is 0 Å². The third-order valence-corrected chi connectivity index (χ3v) is 2.38. The Bertz CT molecular complexity index is 486. The van der Waals surface area contributed by atoms with Crippen LogP contribution in [0.3, 0.4) is 0 Å².